The highest BCUT2D eigenvalue weighted by Crippen LogP contribution is 2.19. The van der Waals surface area contributed by atoms with Crippen LogP contribution in [0.5, 0.6) is 5.75 Å². The molecule has 5 heteroatoms. The predicted molar refractivity (Wildman–Crippen MR) is 74.1 cm³/mol. The fraction of sp³-hybridized carbons (Fsp3) is 0.429. The summed E-state index contributed by atoms with van der Waals surface area (Å²) in [5.41, 5.74) is 2.35. The molecule has 1 atom stereocenters. The van der Waals surface area contributed by atoms with Crippen LogP contribution in [-0.2, 0) is 13.5 Å². The second kappa shape index (κ2) is 6.33. The van der Waals surface area contributed by atoms with E-state index in [2.05, 4.69) is 34.7 Å². The molecule has 0 fully saturated rings. The van der Waals surface area contributed by atoms with Crippen LogP contribution in [0, 0.1) is 0 Å². The molecule has 0 saturated carbocycles. The molecule has 1 aromatic heterocycles. The van der Waals surface area contributed by atoms with Crippen molar-refractivity contribution in [1.82, 2.24) is 20.3 Å². The number of likely N-dealkylation sites (N-methyl/N-ethyl adjacent to an activating group) is 1. The first-order valence-corrected chi connectivity index (χ1v) is 6.45. The molecule has 1 N–H and O–H groups in total. The van der Waals surface area contributed by atoms with E-state index < -0.39 is 0 Å². The molecule has 0 aliphatic heterocycles. The number of hydrogen-bond donors (Lipinski definition) is 1. The molecule has 19 heavy (non-hydrogen) atoms. The number of aryl methyl sites for hydroxylation is 1. The summed E-state index contributed by atoms with van der Waals surface area (Å²) < 4.78 is 6.99. The largest absolute Gasteiger partial charge is 0.497 e. The highest BCUT2D eigenvalue weighted by Gasteiger charge is 2.15. The van der Waals surface area contributed by atoms with E-state index in [1.165, 1.54) is 5.56 Å². The van der Waals surface area contributed by atoms with E-state index in [0.29, 0.717) is 0 Å². The van der Waals surface area contributed by atoms with Crippen LogP contribution in [0.2, 0.25) is 0 Å². The number of hydrogen-bond acceptors (Lipinski definition) is 4. The summed E-state index contributed by atoms with van der Waals surface area (Å²) >= 11 is 0. The van der Waals surface area contributed by atoms with Gasteiger partial charge in [0.05, 0.1) is 25.0 Å². The van der Waals surface area contributed by atoms with Crippen LogP contribution in [0.25, 0.3) is 0 Å². The number of benzene rings is 1. The van der Waals surface area contributed by atoms with Gasteiger partial charge in [-0.2, -0.15) is 0 Å². The molecule has 0 bridgehead atoms. The van der Waals surface area contributed by atoms with Crippen molar-refractivity contribution in [3.05, 3.63) is 41.7 Å². The van der Waals surface area contributed by atoms with Crippen molar-refractivity contribution >= 4 is 0 Å². The van der Waals surface area contributed by atoms with Gasteiger partial charge >= 0.3 is 0 Å². The van der Waals surface area contributed by atoms with Gasteiger partial charge in [0.25, 0.3) is 0 Å². The lowest BCUT2D eigenvalue weighted by molar-refractivity contribution is 0.414. The summed E-state index contributed by atoms with van der Waals surface area (Å²) in [6.07, 6.45) is 2.72. The Labute approximate surface area is 113 Å². The lowest BCUT2D eigenvalue weighted by atomic mass is 10.0. The van der Waals surface area contributed by atoms with Gasteiger partial charge in [-0.3, -0.25) is 4.68 Å². The molecular weight excluding hydrogens is 240 g/mol. The van der Waals surface area contributed by atoms with Gasteiger partial charge in [0, 0.05) is 7.05 Å². The zero-order chi connectivity index (χ0) is 13.7. The molecule has 5 nitrogen and oxygen atoms in total. The number of rotatable bonds is 6. The summed E-state index contributed by atoms with van der Waals surface area (Å²) in [5.74, 6) is 0.881. The predicted octanol–water partition coefficient (Wildman–Crippen LogP) is 1.72. The normalized spacial score (nSPS) is 12.4. The van der Waals surface area contributed by atoms with Crippen LogP contribution in [0.1, 0.15) is 24.2 Å². The Morgan fingerprint density at radius 1 is 1.32 bits per heavy atom. The van der Waals surface area contributed by atoms with Gasteiger partial charge in [0.1, 0.15) is 5.75 Å². The molecule has 0 amide bonds. The summed E-state index contributed by atoms with van der Waals surface area (Å²) in [7, 11) is 3.60. The molecular formula is C14H20N4O. The second-order valence-corrected chi connectivity index (χ2v) is 4.44. The Kier molecular flexibility index (Phi) is 4.52. The quantitative estimate of drug-likeness (QED) is 0.859. The molecule has 0 aliphatic carbocycles. The Hall–Kier alpha value is -1.88. The fourth-order valence-corrected chi connectivity index (χ4v) is 2.14. The maximum atomic E-state index is 5.17. The first kappa shape index (κ1) is 13.5. The van der Waals surface area contributed by atoms with Gasteiger partial charge in [-0.1, -0.05) is 24.3 Å². The summed E-state index contributed by atoms with van der Waals surface area (Å²) in [4.78, 5) is 0. The van der Waals surface area contributed by atoms with Gasteiger partial charge < -0.3 is 10.1 Å². The first-order valence-electron chi connectivity index (χ1n) is 6.45. The Balaban J connectivity index is 2.14. The number of nitrogens with zero attached hydrogens (tertiary/aromatic N) is 3. The molecule has 2 aromatic rings. The van der Waals surface area contributed by atoms with Gasteiger partial charge in [-0.25, -0.2) is 0 Å². The molecule has 0 spiro atoms. The van der Waals surface area contributed by atoms with Crippen molar-refractivity contribution in [3.63, 3.8) is 0 Å². The monoisotopic (exact) mass is 260 g/mol. The zero-order valence-electron chi connectivity index (χ0n) is 11.6. The highest BCUT2D eigenvalue weighted by atomic mass is 16.5. The van der Waals surface area contributed by atoms with Crippen LogP contribution in [0.3, 0.4) is 0 Å². The van der Waals surface area contributed by atoms with E-state index in [9.17, 15) is 0 Å². The average Bonchev–Trinajstić information content (AvgIpc) is 2.85. The lowest BCUT2D eigenvalue weighted by Gasteiger charge is -2.17. The maximum Gasteiger partial charge on any atom is 0.118 e. The Bertz CT molecular complexity index is 506. The SMILES string of the molecule is CCNC(Cc1ccc(OC)cc1)c1cnnn1C. The van der Waals surface area contributed by atoms with Crippen LogP contribution < -0.4 is 10.1 Å². The van der Waals surface area contributed by atoms with Crippen molar-refractivity contribution in [2.45, 2.75) is 19.4 Å². The van der Waals surface area contributed by atoms with Crippen molar-refractivity contribution in [2.75, 3.05) is 13.7 Å². The molecule has 0 radical (unpaired) electrons. The van der Waals surface area contributed by atoms with Crippen LogP contribution in [-0.4, -0.2) is 28.6 Å². The van der Waals surface area contributed by atoms with Crippen molar-refractivity contribution in [3.8, 4) is 5.75 Å². The van der Waals surface area contributed by atoms with Crippen LogP contribution in [0.15, 0.2) is 30.5 Å². The van der Waals surface area contributed by atoms with E-state index in [0.717, 1.165) is 24.4 Å². The number of ether oxygens (including phenoxy) is 1. The van der Waals surface area contributed by atoms with Crippen molar-refractivity contribution < 1.29 is 4.74 Å². The smallest absolute Gasteiger partial charge is 0.118 e. The van der Waals surface area contributed by atoms with Gasteiger partial charge in [-0.15, -0.1) is 5.10 Å². The molecule has 0 saturated heterocycles. The molecule has 1 unspecified atom stereocenters. The van der Waals surface area contributed by atoms with E-state index in [1.54, 1.807) is 7.11 Å². The van der Waals surface area contributed by atoms with Gasteiger partial charge in [0.15, 0.2) is 0 Å². The van der Waals surface area contributed by atoms with E-state index in [1.807, 2.05) is 30.1 Å². The minimum Gasteiger partial charge on any atom is -0.497 e. The van der Waals surface area contributed by atoms with Crippen molar-refractivity contribution in [1.29, 1.82) is 0 Å². The Morgan fingerprint density at radius 3 is 2.58 bits per heavy atom. The summed E-state index contributed by atoms with van der Waals surface area (Å²) in [6.45, 7) is 3.01. The minimum atomic E-state index is 0.221. The lowest BCUT2D eigenvalue weighted by Crippen LogP contribution is -2.25. The van der Waals surface area contributed by atoms with Crippen LogP contribution >= 0.6 is 0 Å². The summed E-state index contributed by atoms with van der Waals surface area (Å²) in [5, 5.41) is 11.4. The Morgan fingerprint density at radius 2 is 2.05 bits per heavy atom. The highest BCUT2D eigenvalue weighted by molar-refractivity contribution is 5.28. The van der Waals surface area contributed by atoms with E-state index in [4.69, 9.17) is 4.74 Å². The van der Waals surface area contributed by atoms with Gasteiger partial charge in [0.2, 0.25) is 0 Å². The summed E-state index contributed by atoms with van der Waals surface area (Å²) in [6, 6.07) is 8.37. The average molecular weight is 260 g/mol. The third-order valence-corrected chi connectivity index (χ3v) is 3.16. The second-order valence-electron chi connectivity index (χ2n) is 4.44. The third-order valence-electron chi connectivity index (χ3n) is 3.16. The number of aromatic nitrogens is 3. The van der Waals surface area contributed by atoms with E-state index in [-0.39, 0.29) is 6.04 Å². The molecule has 102 valence electrons. The number of nitrogens with one attached hydrogen (secondary N) is 1. The van der Waals surface area contributed by atoms with Gasteiger partial charge in [-0.05, 0) is 30.7 Å². The van der Waals surface area contributed by atoms with E-state index >= 15 is 0 Å². The standard InChI is InChI=1S/C14H20N4O/c1-4-15-13(14-10-16-17-18(14)2)9-11-5-7-12(19-3)8-6-11/h5-8,10,13,15H,4,9H2,1-3H3. The molecule has 0 aliphatic rings. The fourth-order valence-electron chi connectivity index (χ4n) is 2.14. The zero-order valence-corrected chi connectivity index (χ0v) is 11.6. The minimum absolute atomic E-state index is 0.221. The third kappa shape index (κ3) is 3.32. The van der Waals surface area contributed by atoms with Crippen LogP contribution in [0.4, 0.5) is 0 Å². The topological polar surface area (TPSA) is 52.0 Å². The number of methoxy groups -OCH3 is 1. The maximum absolute atomic E-state index is 5.17. The first-order chi connectivity index (χ1) is 9.24. The molecule has 2 rings (SSSR count). The molecule has 1 aromatic carbocycles. The molecule has 1 heterocycles. The van der Waals surface area contributed by atoms with Crippen molar-refractivity contribution in [2.24, 2.45) is 7.05 Å².